The third-order valence-electron chi connectivity index (χ3n) is 3.60. The van der Waals surface area contributed by atoms with Gasteiger partial charge in [0.25, 0.3) is 0 Å². The number of ether oxygens (including phenoxy) is 1. The molecule has 2 atom stereocenters. The highest BCUT2D eigenvalue weighted by Crippen LogP contribution is 2.11. The summed E-state index contributed by atoms with van der Waals surface area (Å²) in [6, 6.07) is 19.4. The highest BCUT2D eigenvalue weighted by atomic mass is 32.2. The number of rotatable bonds is 7. The smallest absolute Gasteiger partial charge is 0.407 e. The van der Waals surface area contributed by atoms with Gasteiger partial charge in [0.1, 0.15) is 5.60 Å². The molecule has 4 nitrogen and oxygen atoms in total. The van der Waals surface area contributed by atoms with Crippen molar-refractivity contribution < 1.29 is 13.7 Å². The molecule has 5 heteroatoms. The number of alkyl carbamates (subject to hydrolysis) is 1. The highest BCUT2D eigenvalue weighted by Gasteiger charge is 2.21. The second-order valence-corrected chi connectivity index (χ2v) is 8.77. The van der Waals surface area contributed by atoms with Crippen LogP contribution in [0.2, 0.25) is 0 Å². The lowest BCUT2D eigenvalue weighted by Gasteiger charge is -2.23. The monoisotopic (exact) mass is 373 g/mol. The summed E-state index contributed by atoms with van der Waals surface area (Å²) in [5.41, 5.74) is 1.55. The number of hydrogen-bond acceptors (Lipinski definition) is 3. The summed E-state index contributed by atoms with van der Waals surface area (Å²) >= 11 is 0. The van der Waals surface area contributed by atoms with E-state index in [1.54, 1.807) is 0 Å². The molecule has 0 aliphatic carbocycles. The first-order valence-electron chi connectivity index (χ1n) is 8.74. The summed E-state index contributed by atoms with van der Waals surface area (Å²) < 4.78 is 18.0. The minimum atomic E-state index is -1.08. The second kappa shape index (κ2) is 9.53. The van der Waals surface area contributed by atoms with Crippen molar-refractivity contribution >= 4 is 16.9 Å². The van der Waals surface area contributed by atoms with E-state index in [9.17, 15) is 9.00 Å². The maximum Gasteiger partial charge on any atom is 0.407 e. The Morgan fingerprint density at radius 2 is 1.54 bits per heavy atom. The standard InChI is InChI=1S/C21H27NO3S/c1-21(2,3)25-20(23)22-19(14-17-10-6-4-7-11-17)16-26(24)15-18-12-8-5-9-13-18/h4-13,19H,14-16H2,1-3H3,(H,22,23). The van der Waals surface area contributed by atoms with Gasteiger partial charge >= 0.3 is 6.09 Å². The maximum atomic E-state index is 12.6. The molecule has 0 aliphatic rings. The first-order chi connectivity index (χ1) is 12.3. The van der Waals surface area contributed by atoms with E-state index in [0.29, 0.717) is 17.9 Å². The molecule has 0 aromatic heterocycles. The summed E-state index contributed by atoms with van der Waals surface area (Å²) in [6.07, 6.45) is 0.135. The zero-order chi connectivity index (χ0) is 19.0. The molecule has 140 valence electrons. The van der Waals surface area contributed by atoms with E-state index in [1.807, 2.05) is 81.4 Å². The fourth-order valence-corrected chi connectivity index (χ4v) is 3.90. The quantitative estimate of drug-likeness (QED) is 0.796. The average Bonchev–Trinajstić information content (AvgIpc) is 2.54. The van der Waals surface area contributed by atoms with E-state index < -0.39 is 22.5 Å². The van der Waals surface area contributed by atoms with Crippen LogP contribution in [0.25, 0.3) is 0 Å². The second-order valence-electron chi connectivity index (χ2n) is 7.27. The number of carbonyl (C=O) groups is 1. The van der Waals surface area contributed by atoms with E-state index in [0.717, 1.165) is 11.1 Å². The zero-order valence-corrected chi connectivity index (χ0v) is 16.4. The number of amides is 1. The summed E-state index contributed by atoms with van der Waals surface area (Å²) in [4.78, 5) is 12.2. The van der Waals surface area contributed by atoms with Crippen molar-refractivity contribution in [1.82, 2.24) is 5.32 Å². The van der Waals surface area contributed by atoms with Crippen molar-refractivity contribution in [2.24, 2.45) is 0 Å². The normalized spacial score (nSPS) is 13.7. The Kier molecular flexibility index (Phi) is 7.39. The Balaban J connectivity index is 2.01. The zero-order valence-electron chi connectivity index (χ0n) is 15.6. The Labute approximate surface area is 158 Å². The average molecular weight is 374 g/mol. The summed E-state index contributed by atoms with van der Waals surface area (Å²) in [7, 11) is -1.08. The molecule has 2 unspecified atom stereocenters. The van der Waals surface area contributed by atoms with Crippen molar-refractivity contribution in [3.63, 3.8) is 0 Å². The Morgan fingerprint density at radius 3 is 2.08 bits per heavy atom. The molecule has 0 spiro atoms. The summed E-state index contributed by atoms with van der Waals surface area (Å²) in [6.45, 7) is 5.48. The number of carbonyl (C=O) groups excluding carboxylic acids is 1. The van der Waals surface area contributed by atoms with Gasteiger partial charge in [-0.05, 0) is 38.3 Å². The first-order valence-corrected chi connectivity index (χ1v) is 10.2. The van der Waals surface area contributed by atoms with Gasteiger partial charge in [0.05, 0.1) is 0 Å². The molecule has 0 aliphatic heterocycles. The van der Waals surface area contributed by atoms with Crippen LogP contribution in [0.4, 0.5) is 4.79 Å². The van der Waals surface area contributed by atoms with Gasteiger partial charge in [-0.3, -0.25) is 4.21 Å². The van der Waals surface area contributed by atoms with Crippen molar-refractivity contribution in [2.75, 3.05) is 5.75 Å². The number of benzene rings is 2. The van der Waals surface area contributed by atoms with Crippen molar-refractivity contribution in [3.05, 3.63) is 71.8 Å². The van der Waals surface area contributed by atoms with Gasteiger partial charge in [-0.2, -0.15) is 0 Å². The first kappa shape index (κ1) is 20.2. The predicted octanol–water partition coefficient (Wildman–Crippen LogP) is 4.07. The fraction of sp³-hybridized carbons (Fsp3) is 0.381. The van der Waals surface area contributed by atoms with Crippen LogP contribution in [-0.4, -0.2) is 27.7 Å². The Morgan fingerprint density at radius 1 is 1.00 bits per heavy atom. The lowest BCUT2D eigenvalue weighted by Crippen LogP contribution is -2.43. The molecule has 1 amide bonds. The molecule has 26 heavy (non-hydrogen) atoms. The molecule has 1 N–H and O–H groups in total. The molecule has 0 bridgehead atoms. The molecule has 0 saturated carbocycles. The van der Waals surface area contributed by atoms with Gasteiger partial charge in [-0.15, -0.1) is 0 Å². The largest absolute Gasteiger partial charge is 0.444 e. The van der Waals surface area contributed by atoms with Crippen LogP contribution in [0.1, 0.15) is 31.9 Å². The maximum absolute atomic E-state index is 12.6. The van der Waals surface area contributed by atoms with Crippen LogP contribution in [0.15, 0.2) is 60.7 Å². The van der Waals surface area contributed by atoms with Gasteiger partial charge in [-0.1, -0.05) is 60.7 Å². The van der Waals surface area contributed by atoms with Crippen molar-refractivity contribution in [3.8, 4) is 0 Å². The SMILES string of the molecule is CC(C)(C)OC(=O)NC(Cc1ccccc1)CS(=O)Cc1ccccc1. The van der Waals surface area contributed by atoms with Crippen LogP contribution >= 0.6 is 0 Å². The minimum Gasteiger partial charge on any atom is -0.444 e. The third kappa shape index (κ3) is 7.83. The number of hydrogen-bond donors (Lipinski definition) is 1. The van der Waals surface area contributed by atoms with E-state index >= 15 is 0 Å². The Bertz CT molecular complexity index is 711. The fourth-order valence-electron chi connectivity index (χ4n) is 2.57. The molecule has 0 fully saturated rings. The predicted molar refractivity (Wildman–Crippen MR) is 106 cm³/mol. The topological polar surface area (TPSA) is 55.4 Å². The molecule has 0 heterocycles. The molecule has 2 aromatic carbocycles. The molecule has 0 saturated heterocycles. The number of nitrogens with one attached hydrogen (secondary N) is 1. The minimum absolute atomic E-state index is 0.253. The van der Waals surface area contributed by atoms with Crippen LogP contribution in [0.3, 0.4) is 0 Å². The summed E-state index contributed by atoms with van der Waals surface area (Å²) in [5, 5.41) is 2.88. The lowest BCUT2D eigenvalue weighted by molar-refractivity contribution is 0.0509. The van der Waals surface area contributed by atoms with Crippen LogP contribution in [0, 0.1) is 0 Å². The molecular formula is C21H27NO3S. The molecule has 2 aromatic rings. The van der Waals surface area contributed by atoms with Crippen LogP contribution in [-0.2, 0) is 27.7 Å². The van der Waals surface area contributed by atoms with Gasteiger partial charge in [-0.25, -0.2) is 4.79 Å². The third-order valence-corrected chi connectivity index (χ3v) is 5.03. The van der Waals surface area contributed by atoms with Gasteiger partial charge in [0.15, 0.2) is 0 Å². The van der Waals surface area contributed by atoms with E-state index in [1.165, 1.54) is 0 Å². The van der Waals surface area contributed by atoms with Gasteiger partial charge < -0.3 is 10.1 Å². The van der Waals surface area contributed by atoms with Crippen molar-refractivity contribution in [1.29, 1.82) is 0 Å². The molecular weight excluding hydrogens is 346 g/mol. The van der Waals surface area contributed by atoms with Crippen LogP contribution in [0.5, 0.6) is 0 Å². The summed E-state index contributed by atoms with van der Waals surface area (Å²) in [5.74, 6) is 0.852. The molecule has 2 rings (SSSR count). The lowest BCUT2D eigenvalue weighted by atomic mass is 10.1. The van der Waals surface area contributed by atoms with Crippen LogP contribution < -0.4 is 5.32 Å². The van der Waals surface area contributed by atoms with Gasteiger partial charge in [0, 0.05) is 28.3 Å². The van der Waals surface area contributed by atoms with E-state index in [-0.39, 0.29) is 6.04 Å². The molecule has 0 radical (unpaired) electrons. The highest BCUT2D eigenvalue weighted by molar-refractivity contribution is 7.84. The van der Waals surface area contributed by atoms with Crippen molar-refractivity contribution in [2.45, 2.75) is 44.6 Å². The van der Waals surface area contributed by atoms with Gasteiger partial charge in [0.2, 0.25) is 0 Å². The van der Waals surface area contributed by atoms with E-state index in [2.05, 4.69) is 5.32 Å². The Hall–Kier alpha value is -2.14. The van der Waals surface area contributed by atoms with E-state index in [4.69, 9.17) is 4.74 Å².